The van der Waals surface area contributed by atoms with Crippen LogP contribution in [0.15, 0.2) is 51.9 Å². The van der Waals surface area contributed by atoms with Crippen LogP contribution in [0.4, 0.5) is 11.4 Å². The molecule has 0 radical (unpaired) electrons. The average molecular weight is 390 g/mol. The van der Waals surface area contributed by atoms with E-state index in [4.69, 9.17) is 9.15 Å². The predicted octanol–water partition coefficient (Wildman–Crippen LogP) is 3.01. The second-order valence-corrected chi connectivity index (χ2v) is 7.16. The van der Waals surface area contributed by atoms with E-state index in [0.717, 1.165) is 5.56 Å². The Hall–Kier alpha value is -3.61. The number of rotatable bonds is 2. The van der Waals surface area contributed by atoms with E-state index in [0.29, 0.717) is 40.2 Å². The van der Waals surface area contributed by atoms with Gasteiger partial charge in [-0.25, -0.2) is 0 Å². The van der Waals surface area contributed by atoms with E-state index >= 15 is 0 Å². The fraction of sp³-hybridized carbons (Fsp3) is 0.227. The molecule has 0 aliphatic carbocycles. The molecule has 0 unspecified atom stereocenters. The molecule has 0 saturated heterocycles. The molecule has 2 aliphatic heterocycles. The molecule has 0 saturated carbocycles. The van der Waals surface area contributed by atoms with E-state index in [1.54, 1.807) is 35.2 Å². The first-order valence-corrected chi connectivity index (χ1v) is 9.48. The van der Waals surface area contributed by atoms with Gasteiger partial charge in [0.1, 0.15) is 11.3 Å². The minimum atomic E-state index is -0.457. The molecule has 0 spiro atoms. The summed E-state index contributed by atoms with van der Waals surface area (Å²) in [6.07, 6.45) is 1.57. The quantitative estimate of drug-likeness (QED) is 0.727. The number of anilines is 2. The third-order valence-electron chi connectivity index (χ3n) is 5.51. The number of hydrogen-bond donors (Lipinski definition) is 1. The van der Waals surface area contributed by atoms with Crippen LogP contribution in [0.3, 0.4) is 0 Å². The Morgan fingerprint density at radius 3 is 2.79 bits per heavy atom. The SMILES string of the molecule is CCN1C(=O)COc2cc3c(cc21)NC(=O)C[C@H]3c1coc2ccccc2c1=O. The van der Waals surface area contributed by atoms with Crippen molar-refractivity contribution >= 4 is 34.2 Å². The highest BCUT2D eigenvalue weighted by molar-refractivity contribution is 6.01. The molecule has 2 amide bonds. The zero-order valence-electron chi connectivity index (χ0n) is 15.7. The highest BCUT2D eigenvalue weighted by atomic mass is 16.5. The number of ether oxygens (including phenoxy) is 1. The standard InChI is InChI=1S/C22H18N2O5/c1-2-24-17-9-16-14(7-19(17)29-11-21(24)26)13(8-20(25)23-16)15-10-28-18-6-4-3-5-12(18)22(15)27/h3-7,9-10,13H,2,8,11H2,1H3,(H,23,25)/t13-/m1/s1. The summed E-state index contributed by atoms with van der Waals surface area (Å²) in [5, 5.41) is 3.34. The summed E-state index contributed by atoms with van der Waals surface area (Å²) in [6.45, 7) is 2.35. The van der Waals surface area contributed by atoms with Crippen LogP contribution in [0.5, 0.6) is 5.75 Å². The first-order valence-electron chi connectivity index (χ1n) is 9.48. The number of carbonyl (C=O) groups is 2. The largest absolute Gasteiger partial charge is 0.482 e. The molecule has 7 heteroatoms. The number of benzene rings is 2. The summed E-state index contributed by atoms with van der Waals surface area (Å²) >= 11 is 0. The van der Waals surface area contributed by atoms with Crippen LogP contribution in [-0.4, -0.2) is 25.0 Å². The molecule has 1 N–H and O–H groups in total. The van der Waals surface area contributed by atoms with Gasteiger partial charge < -0.3 is 19.4 Å². The van der Waals surface area contributed by atoms with Gasteiger partial charge in [-0.15, -0.1) is 0 Å². The van der Waals surface area contributed by atoms with Crippen molar-refractivity contribution in [2.24, 2.45) is 0 Å². The van der Waals surface area contributed by atoms with Gasteiger partial charge >= 0.3 is 0 Å². The average Bonchev–Trinajstić information content (AvgIpc) is 2.72. The third-order valence-corrected chi connectivity index (χ3v) is 5.51. The number of carbonyl (C=O) groups excluding carboxylic acids is 2. The molecular weight excluding hydrogens is 372 g/mol. The van der Waals surface area contributed by atoms with Gasteiger partial charge in [-0.2, -0.15) is 0 Å². The number of nitrogens with zero attached hydrogens (tertiary/aromatic N) is 1. The van der Waals surface area contributed by atoms with Crippen molar-refractivity contribution in [2.45, 2.75) is 19.3 Å². The summed E-state index contributed by atoms with van der Waals surface area (Å²) in [5.74, 6) is -0.215. The van der Waals surface area contributed by atoms with Crippen molar-refractivity contribution in [2.75, 3.05) is 23.4 Å². The van der Waals surface area contributed by atoms with Crippen molar-refractivity contribution in [1.82, 2.24) is 0 Å². The van der Waals surface area contributed by atoms with Gasteiger partial charge in [0.25, 0.3) is 5.91 Å². The van der Waals surface area contributed by atoms with Crippen LogP contribution >= 0.6 is 0 Å². The molecule has 0 bridgehead atoms. The molecule has 3 aromatic rings. The number of nitrogens with one attached hydrogen (secondary N) is 1. The molecule has 2 aliphatic rings. The lowest BCUT2D eigenvalue weighted by Crippen LogP contribution is -2.39. The van der Waals surface area contributed by atoms with E-state index in [2.05, 4.69) is 5.32 Å². The van der Waals surface area contributed by atoms with Crippen LogP contribution in [0.2, 0.25) is 0 Å². The number of para-hydroxylation sites is 1. The van der Waals surface area contributed by atoms with Crippen LogP contribution in [0.1, 0.15) is 30.4 Å². The van der Waals surface area contributed by atoms with Gasteiger partial charge in [-0.1, -0.05) is 12.1 Å². The van der Waals surface area contributed by atoms with Gasteiger partial charge in [0, 0.05) is 30.1 Å². The third kappa shape index (κ3) is 2.69. The Labute approximate surface area is 165 Å². The van der Waals surface area contributed by atoms with Crippen molar-refractivity contribution < 1.29 is 18.7 Å². The summed E-state index contributed by atoms with van der Waals surface area (Å²) in [5.41, 5.74) is 2.76. The molecule has 1 aromatic heterocycles. The molecule has 2 aromatic carbocycles. The fourth-order valence-electron chi connectivity index (χ4n) is 4.11. The van der Waals surface area contributed by atoms with Crippen LogP contribution < -0.4 is 20.4 Å². The van der Waals surface area contributed by atoms with Crippen molar-refractivity contribution in [3.8, 4) is 5.75 Å². The summed E-state index contributed by atoms with van der Waals surface area (Å²) < 4.78 is 11.3. The Bertz CT molecular complexity index is 1230. The number of amides is 2. The maximum atomic E-state index is 13.1. The Balaban J connectivity index is 1.69. The van der Waals surface area contributed by atoms with E-state index in [9.17, 15) is 14.4 Å². The molecular formula is C22H18N2O5. The zero-order valence-corrected chi connectivity index (χ0v) is 15.7. The number of likely N-dealkylation sites (N-methyl/N-ethyl adjacent to an activating group) is 1. The minimum Gasteiger partial charge on any atom is -0.482 e. The first-order chi connectivity index (χ1) is 14.1. The molecule has 146 valence electrons. The molecule has 29 heavy (non-hydrogen) atoms. The van der Waals surface area contributed by atoms with Crippen LogP contribution in [0, 0.1) is 0 Å². The lowest BCUT2D eigenvalue weighted by atomic mass is 9.84. The van der Waals surface area contributed by atoms with E-state index in [1.807, 2.05) is 13.0 Å². The second-order valence-electron chi connectivity index (χ2n) is 7.16. The van der Waals surface area contributed by atoms with Gasteiger partial charge in [-0.05, 0) is 36.8 Å². The van der Waals surface area contributed by atoms with Crippen LogP contribution in [-0.2, 0) is 9.59 Å². The maximum absolute atomic E-state index is 13.1. The summed E-state index contributed by atoms with van der Waals surface area (Å²) in [7, 11) is 0. The number of fused-ring (bicyclic) bond motifs is 3. The normalized spacial score (nSPS) is 18.1. The van der Waals surface area contributed by atoms with Gasteiger partial charge in [0.2, 0.25) is 5.91 Å². The lowest BCUT2D eigenvalue weighted by molar-refractivity contribution is -0.121. The molecule has 7 nitrogen and oxygen atoms in total. The van der Waals surface area contributed by atoms with Gasteiger partial charge in [-0.3, -0.25) is 14.4 Å². The smallest absolute Gasteiger partial charge is 0.265 e. The monoisotopic (exact) mass is 390 g/mol. The van der Waals surface area contributed by atoms with E-state index in [-0.39, 0.29) is 30.3 Å². The van der Waals surface area contributed by atoms with Crippen molar-refractivity contribution in [3.05, 3.63) is 64.0 Å². The Morgan fingerprint density at radius 2 is 1.97 bits per heavy atom. The Kier molecular flexibility index (Phi) is 3.91. The number of hydrogen-bond acceptors (Lipinski definition) is 5. The first kappa shape index (κ1) is 17.5. The highest BCUT2D eigenvalue weighted by Crippen LogP contribution is 2.44. The fourth-order valence-corrected chi connectivity index (χ4v) is 4.11. The lowest BCUT2D eigenvalue weighted by Gasteiger charge is -2.32. The minimum absolute atomic E-state index is 0.0330. The van der Waals surface area contributed by atoms with Crippen molar-refractivity contribution in [3.63, 3.8) is 0 Å². The summed E-state index contributed by atoms with van der Waals surface area (Å²) in [6, 6.07) is 10.6. The maximum Gasteiger partial charge on any atom is 0.265 e. The van der Waals surface area contributed by atoms with Gasteiger partial charge in [0.05, 0.1) is 17.3 Å². The van der Waals surface area contributed by atoms with Crippen LogP contribution in [0.25, 0.3) is 11.0 Å². The van der Waals surface area contributed by atoms with E-state index in [1.165, 1.54) is 6.26 Å². The van der Waals surface area contributed by atoms with Crippen molar-refractivity contribution in [1.29, 1.82) is 0 Å². The summed E-state index contributed by atoms with van der Waals surface area (Å²) in [4.78, 5) is 39.3. The highest BCUT2D eigenvalue weighted by Gasteiger charge is 2.33. The molecule has 3 heterocycles. The van der Waals surface area contributed by atoms with E-state index < -0.39 is 5.92 Å². The topological polar surface area (TPSA) is 88.8 Å². The second kappa shape index (κ2) is 6.48. The zero-order chi connectivity index (χ0) is 20.1. The van der Waals surface area contributed by atoms with Gasteiger partial charge in [0.15, 0.2) is 12.0 Å². The molecule has 5 rings (SSSR count). The Morgan fingerprint density at radius 1 is 1.14 bits per heavy atom. The molecule has 1 atom stereocenters. The molecule has 0 fully saturated rings. The predicted molar refractivity (Wildman–Crippen MR) is 108 cm³/mol.